The summed E-state index contributed by atoms with van der Waals surface area (Å²) in [6.07, 6.45) is 6.50. The lowest BCUT2D eigenvalue weighted by Gasteiger charge is -2.30. The lowest BCUT2D eigenvalue weighted by atomic mass is 9.76. The number of carbonyl (C=O) groups excluding carboxylic acids is 2. The summed E-state index contributed by atoms with van der Waals surface area (Å²) < 4.78 is 5.72. The fraction of sp³-hybridized carbons (Fsp3) is 0.565. The number of rotatable bonds is 10. The van der Waals surface area contributed by atoms with Crippen LogP contribution in [0.1, 0.15) is 69.4 Å². The number of anilines is 1. The van der Waals surface area contributed by atoms with E-state index < -0.39 is 5.41 Å². The molecule has 2 aromatic rings. The largest absolute Gasteiger partial charge is 0.460 e. The van der Waals surface area contributed by atoms with E-state index in [0.717, 1.165) is 55.5 Å². The van der Waals surface area contributed by atoms with Crippen LogP contribution in [0, 0.1) is 11.3 Å². The highest BCUT2D eigenvalue weighted by molar-refractivity contribution is 7.15. The van der Waals surface area contributed by atoms with Crippen molar-refractivity contribution in [3.8, 4) is 0 Å². The van der Waals surface area contributed by atoms with Crippen molar-refractivity contribution >= 4 is 28.3 Å². The summed E-state index contributed by atoms with van der Waals surface area (Å²) in [4.78, 5) is 26.1. The van der Waals surface area contributed by atoms with Gasteiger partial charge in [-0.25, -0.2) is 0 Å². The van der Waals surface area contributed by atoms with Gasteiger partial charge in [0.2, 0.25) is 11.0 Å². The van der Waals surface area contributed by atoms with E-state index in [2.05, 4.69) is 22.4 Å². The molecule has 1 N–H and O–H groups in total. The number of hydrogen-bond donors (Lipinski definition) is 1. The second-order valence-corrected chi connectivity index (χ2v) is 9.14. The zero-order chi connectivity index (χ0) is 21.4. The number of amides is 1. The second-order valence-electron chi connectivity index (χ2n) is 8.08. The van der Waals surface area contributed by atoms with Crippen LogP contribution < -0.4 is 5.32 Å². The maximum absolute atomic E-state index is 13.1. The number of ether oxygens (including phenoxy) is 1. The van der Waals surface area contributed by atoms with Crippen molar-refractivity contribution in [2.24, 2.45) is 11.3 Å². The molecule has 1 fully saturated rings. The van der Waals surface area contributed by atoms with E-state index >= 15 is 0 Å². The fourth-order valence-electron chi connectivity index (χ4n) is 4.22. The number of nitrogens with zero attached hydrogens (tertiary/aromatic N) is 2. The standard InChI is InChI=1S/C23H31N3O3S/c1-3-10-18(20(27)24-22-26-25-19(4-2)30-22)15-23(13-8-9-14-23)21(28)29-16-17-11-6-5-7-12-17/h5-7,11-12,18H,3-4,8-10,13-16H2,1-2H3,(H,24,26,27). The molecular formula is C23H31N3O3S. The van der Waals surface area contributed by atoms with Crippen LogP contribution in [0.4, 0.5) is 5.13 Å². The molecule has 1 amide bonds. The normalized spacial score (nSPS) is 16.2. The number of carbonyl (C=O) groups is 2. The van der Waals surface area contributed by atoms with Gasteiger partial charge in [0.05, 0.1) is 5.41 Å². The maximum atomic E-state index is 13.1. The first kappa shape index (κ1) is 22.4. The minimum absolute atomic E-state index is 0.0715. The third kappa shape index (κ3) is 5.65. The van der Waals surface area contributed by atoms with E-state index in [1.165, 1.54) is 11.3 Å². The molecule has 3 rings (SSSR count). The van der Waals surface area contributed by atoms with Crippen molar-refractivity contribution in [2.75, 3.05) is 5.32 Å². The number of benzene rings is 1. The Bertz CT molecular complexity index is 831. The summed E-state index contributed by atoms with van der Waals surface area (Å²) in [7, 11) is 0. The summed E-state index contributed by atoms with van der Waals surface area (Å²) >= 11 is 1.40. The highest BCUT2D eigenvalue weighted by Crippen LogP contribution is 2.45. The van der Waals surface area contributed by atoms with E-state index in [0.29, 0.717) is 11.6 Å². The molecule has 0 saturated heterocycles. The van der Waals surface area contributed by atoms with E-state index in [1.54, 1.807) is 0 Å². The van der Waals surface area contributed by atoms with Gasteiger partial charge in [0.1, 0.15) is 11.6 Å². The molecule has 1 aliphatic carbocycles. The number of aryl methyl sites for hydroxylation is 1. The molecule has 1 heterocycles. The molecule has 0 radical (unpaired) electrons. The molecule has 162 valence electrons. The highest BCUT2D eigenvalue weighted by atomic mass is 32.1. The van der Waals surface area contributed by atoms with Crippen LogP contribution in [-0.4, -0.2) is 22.1 Å². The molecule has 1 aliphatic rings. The van der Waals surface area contributed by atoms with Gasteiger partial charge in [-0.3, -0.25) is 9.59 Å². The monoisotopic (exact) mass is 429 g/mol. The molecule has 0 aliphatic heterocycles. The fourth-order valence-corrected chi connectivity index (χ4v) is 4.90. The van der Waals surface area contributed by atoms with Crippen LogP contribution >= 0.6 is 11.3 Å². The first-order chi connectivity index (χ1) is 14.6. The number of esters is 1. The van der Waals surface area contributed by atoms with Crippen LogP contribution in [0.5, 0.6) is 0 Å². The Kier molecular flexibility index (Phi) is 7.96. The summed E-state index contributed by atoms with van der Waals surface area (Å²) in [5.41, 5.74) is 0.409. The SMILES string of the molecule is CCCC(CC1(C(=O)OCc2ccccc2)CCCC1)C(=O)Nc1nnc(CC)s1. The van der Waals surface area contributed by atoms with Crippen LogP contribution in [0.2, 0.25) is 0 Å². The van der Waals surface area contributed by atoms with Crippen LogP contribution in [0.25, 0.3) is 0 Å². The second kappa shape index (κ2) is 10.7. The minimum atomic E-state index is -0.568. The predicted molar refractivity (Wildman–Crippen MR) is 118 cm³/mol. The first-order valence-electron chi connectivity index (χ1n) is 10.9. The lowest BCUT2D eigenvalue weighted by molar-refractivity contribution is -0.158. The summed E-state index contributed by atoms with van der Waals surface area (Å²) in [5, 5.41) is 12.5. The molecule has 1 saturated carbocycles. The zero-order valence-electron chi connectivity index (χ0n) is 17.9. The zero-order valence-corrected chi connectivity index (χ0v) is 18.7. The topological polar surface area (TPSA) is 81.2 Å². The van der Waals surface area contributed by atoms with Gasteiger partial charge in [-0.2, -0.15) is 0 Å². The summed E-state index contributed by atoms with van der Waals surface area (Å²) in [6.45, 7) is 4.35. The first-order valence-corrected chi connectivity index (χ1v) is 11.7. The van der Waals surface area contributed by atoms with Crippen LogP contribution in [-0.2, 0) is 27.4 Å². The molecule has 1 aromatic heterocycles. The van der Waals surface area contributed by atoms with Crippen LogP contribution in [0.3, 0.4) is 0 Å². The van der Waals surface area contributed by atoms with Gasteiger partial charge in [-0.1, -0.05) is 74.8 Å². The molecule has 1 atom stereocenters. The van der Waals surface area contributed by atoms with Crippen molar-refractivity contribution in [1.82, 2.24) is 10.2 Å². The Morgan fingerprint density at radius 1 is 1.17 bits per heavy atom. The van der Waals surface area contributed by atoms with Gasteiger partial charge in [-0.15, -0.1) is 10.2 Å². The Balaban J connectivity index is 1.67. The molecular weight excluding hydrogens is 398 g/mol. The van der Waals surface area contributed by atoms with Crippen molar-refractivity contribution in [2.45, 2.75) is 71.8 Å². The van der Waals surface area contributed by atoms with E-state index in [4.69, 9.17) is 4.74 Å². The van der Waals surface area contributed by atoms with Gasteiger partial charge in [0, 0.05) is 5.92 Å². The predicted octanol–water partition coefficient (Wildman–Crippen LogP) is 5.15. The van der Waals surface area contributed by atoms with Crippen molar-refractivity contribution in [1.29, 1.82) is 0 Å². The Morgan fingerprint density at radius 2 is 1.90 bits per heavy atom. The maximum Gasteiger partial charge on any atom is 0.312 e. The van der Waals surface area contributed by atoms with Gasteiger partial charge >= 0.3 is 5.97 Å². The average molecular weight is 430 g/mol. The van der Waals surface area contributed by atoms with Crippen molar-refractivity contribution < 1.29 is 14.3 Å². The molecule has 30 heavy (non-hydrogen) atoms. The quantitative estimate of drug-likeness (QED) is 0.528. The third-order valence-corrected chi connectivity index (χ3v) is 6.83. The third-order valence-electron chi connectivity index (χ3n) is 5.85. The average Bonchev–Trinajstić information content (AvgIpc) is 3.42. The number of aromatic nitrogens is 2. The molecule has 0 spiro atoms. The highest BCUT2D eigenvalue weighted by Gasteiger charge is 2.45. The van der Waals surface area contributed by atoms with Crippen molar-refractivity contribution in [3.63, 3.8) is 0 Å². The number of hydrogen-bond acceptors (Lipinski definition) is 6. The summed E-state index contributed by atoms with van der Waals surface area (Å²) in [5.74, 6) is -0.480. The van der Waals surface area contributed by atoms with Gasteiger partial charge in [0.25, 0.3) is 0 Å². The van der Waals surface area contributed by atoms with E-state index in [-0.39, 0.29) is 24.4 Å². The molecule has 6 nitrogen and oxygen atoms in total. The van der Waals surface area contributed by atoms with E-state index in [1.807, 2.05) is 37.3 Å². The summed E-state index contributed by atoms with van der Waals surface area (Å²) in [6, 6.07) is 9.73. The molecule has 7 heteroatoms. The molecule has 1 unspecified atom stereocenters. The smallest absolute Gasteiger partial charge is 0.312 e. The lowest BCUT2D eigenvalue weighted by Crippen LogP contribution is -2.36. The Labute approximate surface area is 182 Å². The van der Waals surface area contributed by atoms with Gasteiger partial charge in [-0.05, 0) is 37.7 Å². The van der Waals surface area contributed by atoms with Gasteiger partial charge < -0.3 is 10.1 Å². The van der Waals surface area contributed by atoms with Crippen LogP contribution in [0.15, 0.2) is 30.3 Å². The number of nitrogens with one attached hydrogen (secondary N) is 1. The Morgan fingerprint density at radius 3 is 2.53 bits per heavy atom. The Hall–Kier alpha value is -2.28. The van der Waals surface area contributed by atoms with Gasteiger partial charge in [0.15, 0.2) is 0 Å². The molecule has 1 aromatic carbocycles. The van der Waals surface area contributed by atoms with E-state index in [9.17, 15) is 9.59 Å². The molecule has 0 bridgehead atoms. The minimum Gasteiger partial charge on any atom is -0.460 e. The van der Waals surface area contributed by atoms with Crippen molar-refractivity contribution in [3.05, 3.63) is 40.9 Å².